The summed E-state index contributed by atoms with van der Waals surface area (Å²) in [5.41, 5.74) is -0.137. The first-order valence-electron chi connectivity index (χ1n) is 12.1. The number of nitrogens with zero attached hydrogens (tertiary/aromatic N) is 3. The maximum absolute atomic E-state index is 13.7. The summed E-state index contributed by atoms with van der Waals surface area (Å²) in [6.45, 7) is 11.1. The van der Waals surface area contributed by atoms with Gasteiger partial charge >= 0.3 is 5.97 Å². The molecule has 0 unspecified atom stereocenters. The molecule has 1 aromatic rings. The highest BCUT2D eigenvalue weighted by molar-refractivity contribution is 6.42. The van der Waals surface area contributed by atoms with E-state index in [1.165, 1.54) is 25.5 Å². The third-order valence-corrected chi connectivity index (χ3v) is 4.50. The van der Waals surface area contributed by atoms with Crippen LogP contribution in [0.4, 0.5) is 4.39 Å². The first-order chi connectivity index (χ1) is 17.5. The second-order valence-corrected chi connectivity index (χ2v) is 9.05. The molecule has 0 saturated carbocycles. The van der Waals surface area contributed by atoms with E-state index < -0.39 is 5.82 Å². The molecule has 0 radical (unpaired) electrons. The number of halogens is 2. The summed E-state index contributed by atoms with van der Waals surface area (Å²) in [7, 11) is 3.12. The summed E-state index contributed by atoms with van der Waals surface area (Å²) in [5.74, 6) is -0.708. The molecule has 0 fully saturated rings. The van der Waals surface area contributed by atoms with E-state index in [1.807, 2.05) is 26.8 Å². The molecule has 206 valence electrons. The summed E-state index contributed by atoms with van der Waals surface area (Å²) in [4.78, 5) is 19.1. The second kappa shape index (κ2) is 19.2. The molecule has 0 N–H and O–H groups in total. The monoisotopic (exact) mass is 539 g/mol. The molecule has 0 saturated heterocycles. The lowest BCUT2D eigenvalue weighted by molar-refractivity contribution is -0.154. The van der Waals surface area contributed by atoms with E-state index in [0.717, 1.165) is 38.4 Å². The molecule has 2 rings (SSSR count). The van der Waals surface area contributed by atoms with Crippen LogP contribution in [0.25, 0.3) is 0 Å². The number of benzene rings is 1. The first-order valence-corrected chi connectivity index (χ1v) is 12.5. The van der Waals surface area contributed by atoms with E-state index in [0.29, 0.717) is 6.42 Å². The minimum absolute atomic E-state index is 0.0200. The highest BCUT2D eigenvalue weighted by atomic mass is 35.5. The third-order valence-electron chi connectivity index (χ3n) is 4.17. The normalized spacial score (nSPS) is 12.6. The van der Waals surface area contributed by atoms with Crippen molar-refractivity contribution in [3.05, 3.63) is 40.5 Å². The molecule has 8 nitrogen and oxygen atoms in total. The molecule has 1 heterocycles. The van der Waals surface area contributed by atoms with Crippen LogP contribution in [0.1, 0.15) is 72.3 Å². The van der Waals surface area contributed by atoms with Crippen LogP contribution in [0.3, 0.4) is 0 Å². The number of carbonyl (C=O) groups excluding carboxylic acids is 1. The zero-order chi connectivity index (χ0) is 28.3. The van der Waals surface area contributed by atoms with Crippen LogP contribution in [0.2, 0.25) is 0 Å². The number of ether oxygens (including phenoxy) is 4. The van der Waals surface area contributed by atoms with Crippen molar-refractivity contribution in [1.82, 2.24) is 0 Å². The van der Waals surface area contributed by atoms with Crippen molar-refractivity contribution in [1.29, 1.82) is 5.26 Å². The van der Waals surface area contributed by atoms with Crippen LogP contribution < -0.4 is 4.74 Å². The standard InChI is InChI=1S/C13H9ClFN3O2.C10H20O2.C4H10O/c1-19-12-11(14)13(18-5-4-17-12)20-10-3-2-8(7-16)6-9(10)15;1-5-6-7-8-9(11)12-10(2,3)4;1-3-4-5-2/h2-3,5-6H,4H2,1H3;5-8H2,1-4H3;3-4H2,1-2H3. The molecule has 0 aromatic heterocycles. The summed E-state index contributed by atoms with van der Waals surface area (Å²) in [6.07, 6.45) is 6.35. The Kier molecular flexibility index (Phi) is 17.7. The number of hydrogen-bond acceptors (Lipinski definition) is 8. The number of esters is 1. The smallest absolute Gasteiger partial charge is 0.306 e. The van der Waals surface area contributed by atoms with E-state index in [9.17, 15) is 9.18 Å². The molecule has 0 spiro atoms. The lowest BCUT2D eigenvalue weighted by atomic mass is 10.2. The van der Waals surface area contributed by atoms with Gasteiger partial charge in [-0.3, -0.25) is 4.79 Å². The summed E-state index contributed by atoms with van der Waals surface area (Å²) >= 11 is 6.02. The second-order valence-electron chi connectivity index (χ2n) is 8.68. The van der Waals surface area contributed by atoms with Gasteiger partial charge in [0, 0.05) is 26.4 Å². The van der Waals surface area contributed by atoms with Crippen LogP contribution >= 0.6 is 11.6 Å². The number of rotatable bonds is 8. The number of unbranched alkanes of at least 4 members (excludes halogenated alkanes) is 2. The molecule has 0 bridgehead atoms. The molecule has 37 heavy (non-hydrogen) atoms. The van der Waals surface area contributed by atoms with Gasteiger partial charge in [0.1, 0.15) is 5.60 Å². The van der Waals surface area contributed by atoms with Crippen LogP contribution in [-0.2, 0) is 19.0 Å². The minimum Gasteiger partial charge on any atom is -0.480 e. The van der Waals surface area contributed by atoms with E-state index >= 15 is 0 Å². The van der Waals surface area contributed by atoms with Gasteiger partial charge in [-0.2, -0.15) is 5.26 Å². The molecule has 0 aliphatic carbocycles. The third kappa shape index (κ3) is 15.7. The van der Waals surface area contributed by atoms with Gasteiger partial charge in [0.05, 0.1) is 25.3 Å². The Hall–Kier alpha value is -2.96. The van der Waals surface area contributed by atoms with E-state index in [2.05, 4.69) is 23.8 Å². The molecule has 10 heteroatoms. The van der Waals surface area contributed by atoms with Crippen LogP contribution in [0, 0.1) is 17.1 Å². The Morgan fingerprint density at radius 2 is 1.89 bits per heavy atom. The van der Waals surface area contributed by atoms with Crippen molar-refractivity contribution < 1.29 is 28.1 Å². The minimum atomic E-state index is -0.684. The average Bonchev–Trinajstić information content (AvgIpc) is 3.01. The van der Waals surface area contributed by atoms with Gasteiger partial charge < -0.3 is 18.9 Å². The first kappa shape index (κ1) is 34.0. The van der Waals surface area contributed by atoms with Crippen molar-refractivity contribution in [2.45, 2.75) is 72.3 Å². The van der Waals surface area contributed by atoms with E-state index in [1.54, 1.807) is 7.11 Å². The van der Waals surface area contributed by atoms with Crippen molar-refractivity contribution >= 4 is 29.7 Å². The van der Waals surface area contributed by atoms with Crippen LogP contribution in [0.5, 0.6) is 5.75 Å². The topological polar surface area (TPSA) is 102 Å². The highest BCUT2D eigenvalue weighted by Crippen LogP contribution is 2.24. The van der Waals surface area contributed by atoms with Crippen molar-refractivity contribution in [3.63, 3.8) is 0 Å². The highest BCUT2D eigenvalue weighted by Gasteiger charge is 2.17. The Bertz CT molecular complexity index is 964. The van der Waals surface area contributed by atoms with Crippen LogP contribution in [0.15, 0.2) is 39.1 Å². The SMILES string of the molecule is CCCCCC(=O)OC(C)(C)C.CCCOC.COC1=NCC=NC(Oc2ccc(C#N)cc2F)=C1Cl. The lowest BCUT2D eigenvalue weighted by Gasteiger charge is -2.19. The fourth-order valence-corrected chi connectivity index (χ4v) is 2.79. The van der Waals surface area contributed by atoms with Gasteiger partial charge in [0.15, 0.2) is 16.6 Å². The zero-order valence-electron chi connectivity index (χ0n) is 22.9. The summed E-state index contributed by atoms with van der Waals surface area (Å²) in [5, 5.41) is 8.72. The molecule has 0 atom stereocenters. The predicted molar refractivity (Wildman–Crippen MR) is 145 cm³/mol. The van der Waals surface area contributed by atoms with E-state index in [-0.39, 0.29) is 46.2 Å². The maximum atomic E-state index is 13.7. The molecule has 1 aliphatic heterocycles. The quantitative estimate of drug-likeness (QED) is 0.273. The number of nitriles is 1. The van der Waals surface area contributed by atoms with Crippen molar-refractivity contribution in [2.24, 2.45) is 9.98 Å². The Balaban J connectivity index is 0.000000648. The molecular formula is C27H39ClFN3O5. The van der Waals surface area contributed by atoms with Crippen molar-refractivity contribution in [3.8, 4) is 11.8 Å². The number of hydrogen-bond donors (Lipinski definition) is 0. The predicted octanol–water partition coefficient (Wildman–Crippen LogP) is 6.56. The van der Waals surface area contributed by atoms with Crippen LogP contribution in [-0.4, -0.2) is 51.1 Å². The zero-order valence-corrected chi connectivity index (χ0v) is 23.7. The largest absolute Gasteiger partial charge is 0.480 e. The van der Waals surface area contributed by atoms with E-state index in [4.69, 9.17) is 35.8 Å². The Labute approximate surface area is 225 Å². The van der Waals surface area contributed by atoms with Gasteiger partial charge in [-0.15, -0.1) is 0 Å². The maximum Gasteiger partial charge on any atom is 0.306 e. The van der Waals surface area contributed by atoms with Gasteiger partial charge in [-0.25, -0.2) is 14.4 Å². The van der Waals surface area contributed by atoms with Crippen molar-refractivity contribution in [2.75, 3.05) is 27.4 Å². The number of carbonyl (C=O) groups is 1. The van der Waals surface area contributed by atoms with Gasteiger partial charge in [0.25, 0.3) is 0 Å². The fraction of sp³-hybridized carbons (Fsp3) is 0.556. The molecule has 1 aliphatic rings. The Morgan fingerprint density at radius 1 is 1.19 bits per heavy atom. The number of aliphatic imine (C=N–C) groups is 2. The van der Waals surface area contributed by atoms with Gasteiger partial charge in [0.2, 0.25) is 11.8 Å². The average molecular weight is 540 g/mol. The number of methoxy groups -OCH3 is 2. The summed E-state index contributed by atoms with van der Waals surface area (Å²) < 4.78 is 33.9. The molecular weight excluding hydrogens is 501 g/mol. The molecule has 0 amide bonds. The molecule has 1 aromatic carbocycles. The van der Waals surface area contributed by atoms with Gasteiger partial charge in [-0.1, -0.05) is 38.3 Å². The summed E-state index contributed by atoms with van der Waals surface area (Å²) in [6, 6.07) is 5.65. The lowest BCUT2D eigenvalue weighted by Crippen LogP contribution is -2.23. The van der Waals surface area contributed by atoms with Gasteiger partial charge in [-0.05, 0) is 51.8 Å². The fourth-order valence-electron chi connectivity index (χ4n) is 2.56. The Morgan fingerprint density at radius 3 is 2.38 bits per heavy atom.